The molecule has 1 amide bonds. The van der Waals surface area contributed by atoms with Crippen LogP contribution in [-0.2, 0) is 26.0 Å². The van der Waals surface area contributed by atoms with E-state index in [0.717, 1.165) is 17.4 Å². The largest absolute Gasteiger partial charge is 0.481 e. The number of hydrogen-bond donors (Lipinski definition) is 2. The van der Waals surface area contributed by atoms with Gasteiger partial charge in [0.2, 0.25) is 15.9 Å². The number of amides is 1. The molecule has 1 fully saturated rings. The number of carboxylic acid groups (broad SMARTS) is 1. The van der Waals surface area contributed by atoms with Crippen LogP contribution in [-0.4, -0.2) is 55.1 Å². The van der Waals surface area contributed by atoms with E-state index in [2.05, 4.69) is 5.32 Å². The van der Waals surface area contributed by atoms with Gasteiger partial charge in [-0.25, -0.2) is 8.42 Å². The van der Waals surface area contributed by atoms with Crippen molar-refractivity contribution < 1.29 is 23.1 Å². The van der Waals surface area contributed by atoms with Crippen molar-refractivity contribution in [3.8, 4) is 0 Å². The van der Waals surface area contributed by atoms with Crippen LogP contribution in [0.15, 0.2) is 24.3 Å². The molecule has 7 nitrogen and oxygen atoms in total. The normalized spacial score (nSPS) is 19.5. The van der Waals surface area contributed by atoms with Crippen LogP contribution in [0.4, 0.5) is 0 Å². The molecular formula is C17H24N2O5S. The Labute approximate surface area is 148 Å². The number of nitrogens with one attached hydrogen (secondary N) is 1. The molecule has 0 aliphatic carbocycles. The van der Waals surface area contributed by atoms with Crippen LogP contribution in [0, 0.1) is 12.8 Å². The van der Waals surface area contributed by atoms with Gasteiger partial charge in [0.1, 0.15) is 6.04 Å². The van der Waals surface area contributed by atoms with Crippen LogP contribution in [0.25, 0.3) is 0 Å². The summed E-state index contributed by atoms with van der Waals surface area (Å²) in [4.78, 5) is 23.8. The number of aryl methyl sites for hydroxylation is 1. The van der Waals surface area contributed by atoms with E-state index in [1.165, 1.54) is 4.31 Å². The molecule has 2 unspecified atom stereocenters. The number of benzene rings is 1. The lowest BCUT2D eigenvalue weighted by atomic mass is 9.98. The Morgan fingerprint density at radius 3 is 2.72 bits per heavy atom. The smallest absolute Gasteiger partial charge is 0.308 e. The van der Waals surface area contributed by atoms with Crippen molar-refractivity contribution in [3.05, 3.63) is 35.4 Å². The van der Waals surface area contributed by atoms with E-state index >= 15 is 0 Å². The van der Waals surface area contributed by atoms with Crippen molar-refractivity contribution in [1.82, 2.24) is 9.62 Å². The fraction of sp³-hybridized carbons (Fsp3) is 0.529. The van der Waals surface area contributed by atoms with Crippen LogP contribution in [0.2, 0.25) is 0 Å². The minimum absolute atomic E-state index is 0.0315. The zero-order valence-electron chi connectivity index (χ0n) is 14.4. The first-order chi connectivity index (χ1) is 11.7. The summed E-state index contributed by atoms with van der Waals surface area (Å²) in [5.74, 6) is -2.19. The monoisotopic (exact) mass is 368 g/mol. The molecule has 1 aliphatic heterocycles. The van der Waals surface area contributed by atoms with E-state index in [4.69, 9.17) is 0 Å². The van der Waals surface area contributed by atoms with Crippen molar-refractivity contribution in [2.75, 3.05) is 19.3 Å². The first-order valence-electron chi connectivity index (χ1n) is 8.21. The zero-order valence-corrected chi connectivity index (χ0v) is 15.3. The molecule has 1 aromatic rings. The summed E-state index contributed by atoms with van der Waals surface area (Å²) in [5, 5.41) is 12.0. The molecule has 1 aliphatic rings. The first kappa shape index (κ1) is 19.4. The predicted molar refractivity (Wildman–Crippen MR) is 93.6 cm³/mol. The molecule has 0 bridgehead atoms. The van der Waals surface area contributed by atoms with E-state index in [1.54, 1.807) is 0 Å². The highest BCUT2D eigenvalue weighted by molar-refractivity contribution is 7.88. The van der Waals surface area contributed by atoms with Gasteiger partial charge in [-0.05, 0) is 31.7 Å². The van der Waals surface area contributed by atoms with E-state index in [9.17, 15) is 23.1 Å². The molecule has 25 heavy (non-hydrogen) atoms. The van der Waals surface area contributed by atoms with E-state index in [0.29, 0.717) is 25.8 Å². The lowest BCUT2D eigenvalue weighted by molar-refractivity contribution is -0.141. The number of nitrogens with zero attached hydrogens (tertiary/aromatic N) is 1. The number of carbonyl (C=O) groups is 2. The summed E-state index contributed by atoms with van der Waals surface area (Å²) in [6.07, 6.45) is 2.46. The zero-order chi connectivity index (χ0) is 18.6. The van der Waals surface area contributed by atoms with Crippen molar-refractivity contribution in [3.63, 3.8) is 0 Å². The molecule has 0 aromatic heterocycles. The quantitative estimate of drug-likeness (QED) is 0.740. The topological polar surface area (TPSA) is 104 Å². The van der Waals surface area contributed by atoms with Crippen molar-refractivity contribution in [1.29, 1.82) is 0 Å². The van der Waals surface area contributed by atoms with Crippen molar-refractivity contribution in [2.45, 2.75) is 32.2 Å². The lowest BCUT2D eigenvalue weighted by Crippen LogP contribution is -2.47. The number of sulfonamides is 1. The second kappa shape index (κ2) is 7.97. The van der Waals surface area contributed by atoms with Crippen LogP contribution >= 0.6 is 0 Å². The van der Waals surface area contributed by atoms with Gasteiger partial charge >= 0.3 is 5.97 Å². The average Bonchev–Trinajstić information content (AvgIpc) is 3.00. The van der Waals surface area contributed by atoms with Crippen LogP contribution < -0.4 is 5.32 Å². The average molecular weight is 368 g/mol. The molecule has 138 valence electrons. The van der Waals surface area contributed by atoms with E-state index in [-0.39, 0.29) is 6.54 Å². The second-order valence-corrected chi connectivity index (χ2v) is 8.44. The fourth-order valence-electron chi connectivity index (χ4n) is 3.11. The van der Waals surface area contributed by atoms with Gasteiger partial charge in [0, 0.05) is 13.1 Å². The molecule has 1 aromatic carbocycles. The SMILES string of the molecule is Cc1cccc(CC(CNC(=O)C2CCCN2S(C)(=O)=O)C(=O)O)c1. The fourth-order valence-corrected chi connectivity index (χ4v) is 4.24. The first-order valence-corrected chi connectivity index (χ1v) is 10.1. The highest BCUT2D eigenvalue weighted by Crippen LogP contribution is 2.20. The number of carboxylic acids is 1. The second-order valence-electron chi connectivity index (χ2n) is 6.51. The maximum absolute atomic E-state index is 12.3. The van der Waals surface area contributed by atoms with Gasteiger partial charge in [0.15, 0.2) is 0 Å². The summed E-state index contributed by atoms with van der Waals surface area (Å²) < 4.78 is 24.6. The van der Waals surface area contributed by atoms with Gasteiger partial charge in [-0.2, -0.15) is 4.31 Å². The Morgan fingerprint density at radius 2 is 2.12 bits per heavy atom. The third-order valence-electron chi connectivity index (χ3n) is 4.37. The summed E-state index contributed by atoms with van der Waals surface area (Å²) in [6.45, 7) is 2.22. The van der Waals surface area contributed by atoms with Crippen LogP contribution in [0.3, 0.4) is 0 Å². The molecule has 8 heteroatoms. The maximum atomic E-state index is 12.3. The minimum Gasteiger partial charge on any atom is -0.481 e. The third kappa shape index (κ3) is 5.27. The molecule has 0 saturated carbocycles. The molecule has 2 N–H and O–H groups in total. The summed E-state index contributed by atoms with van der Waals surface area (Å²) in [7, 11) is -3.45. The summed E-state index contributed by atoms with van der Waals surface area (Å²) >= 11 is 0. The third-order valence-corrected chi connectivity index (χ3v) is 5.66. The highest BCUT2D eigenvalue weighted by Gasteiger charge is 2.36. The van der Waals surface area contributed by atoms with Gasteiger partial charge in [-0.3, -0.25) is 9.59 Å². The lowest BCUT2D eigenvalue weighted by Gasteiger charge is -2.22. The van der Waals surface area contributed by atoms with Crippen molar-refractivity contribution in [2.24, 2.45) is 5.92 Å². The van der Waals surface area contributed by atoms with Gasteiger partial charge in [0.25, 0.3) is 0 Å². The van der Waals surface area contributed by atoms with E-state index < -0.39 is 33.9 Å². The summed E-state index contributed by atoms with van der Waals surface area (Å²) in [6, 6.07) is 6.82. The van der Waals surface area contributed by atoms with Crippen LogP contribution in [0.1, 0.15) is 24.0 Å². The number of hydrogen-bond acceptors (Lipinski definition) is 4. The Morgan fingerprint density at radius 1 is 1.40 bits per heavy atom. The number of rotatable bonds is 7. The number of carbonyl (C=O) groups excluding carboxylic acids is 1. The van der Waals surface area contributed by atoms with Gasteiger partial charge in [-0.15, -0.1) is 0 Å². The molecule has 2 rings (SSSR count). The Bertz CT molecular complexity index is 747. The van der Waals surface area contributed by atoms with Gasteiger partial charge in [0.05, 0.1) is 12.2 Å². The minimum atomic E-state index is -3.45. The van der Waals surface area contributed by atoms with Crippen LogP contribution in [0.5, 0.6) is 0 Å². The summed E-state index contributed by atoms with van der Waals surface area (Å²) in [5.41, 5.74) is 1.93. The Hall–Kier alpha value is -1.93. The molecule has 0 spiro atoms. The highest BCUT2D eigenvalue weighted by atomic mass is 32.2. The maximum Gasteiger partial charge on any atom is 0.308 e. The standard InChI is InChI=1S/C17H24N2O5S/c1-12-5-3-6-13(9-12)10-14(17(21)22)11-18-16(20)15-7-4-8-19(15)25(2,23)24/h3,5-6,9,14-15H,4,7-8,10-11H2,1-2H3,(H,18,20)(H,21,22). The molecular weight excluding hydrogens is 344 g/mol. The number of aliphatic carboxylic acids is 1. The predicted octanol–water partition coefficient (Wildman–Crippen LogP) is 0.779. The molecule has 1 saturated heterocycles. The van der Waals surface area contributed by atoms with Gasteiger partial charge < -0.3 is 10.4 Å². The Kier molecular flexibility index (Phi) is 6.18. The Balaban J connectivity index is 1.99. The van der Waals surface area contributed by atoms with Gasteiger partial charge in [-0.1, -0.05) is 29.8 Å². The van der Waals surface area contributed by atoms with Crippen molar-refractivity contribution >= 4 is 21.9 Å². The molecule has 1 heterocycles. The molecule has 2 atom stereocenters. The van der Waals surface area contributed by atoms with E-state index in [1.807, 2.05) is 31.2 Å². The molecule has 0 radical (unpaired) electrons.